The highest BCUT2D eigenvalue weighted by molar-refractivity contribution is 7.99. The number of H-pyrrole nitrogens is 1. The second kappa shape index (κ2) is 9.54. The molecule has 4 rings (SSSR count). The maximum Gasteiger partial charge on any atom is 0.294 e. The summed E-state index contributed by atoms with van der Waals surface area (Å²) in [5.41, 5.74) is 8.71. The van der Waals surface area contributed by atoms with Crippen LogP contribution in [0.1, 0.15) is 5.56 Å². The number of rotatable bonds is 8. The predicted molar refractivity (Wildman–Crippen MR) is 124 cm³/mol. The van der Waals surface area contributed by atoms with Crippen LogP contribution in [0.3, 0.4) is 0 Å². The highest BCUT2D eigenvalue weighted by Crippen LogP contribution is 2.42. The van der Waals surface area contributed by atoms with Crippen LogP contribution in [0.2, 0.25) is 5.02 Å². The lowest BCUT2D eigenvalue weighted by atomic mass is 10.1. The number of hydrogen-bond acceptors (Lipinski definition) is 7. The third kappa shape index (κ3) is 4.53. The number of aromatic amines is 1. The van der Waals surface area contributed by atoms with E-state index in [1.807, 2.05) is 41.0 Å². The molecule has 166 valence electrons. The lowest BCUT2D eigenvalue weighted by Crippen LogP contribution is -2.36. The fraction of sp³-hybridized carbons (Fsp3) is 0.227. The van der Waals surface area contributed by atoms with Crippen LogP contribution < -0.4 is 24.5 Å². The van der Waals surface area contributed by atoms with Crippen molar-refractivity contribution in [2.45, 2.75) is 23.0 Å². The van der Waals surface area contributed by atoms with Crippen molar-refractivity contribution < 1.29 is 18.8 Å². The number of nitrogens with zero attached hydrogens (tertiary/aromatic N) is 3. The first-order valence-electron chi connectivity index (χ1n) is 9.78. The van der Waals surface area contributed by atoms with Gasteiger partial charge < -0.3 is 24.9 Å². The van der Waals surface area contributed by atoms with E-state index in [4.69, 9.17) is 36.5 Å². The lowest BCUT2D eigenvalue weighted by Gasteiger charge is -2.13. The number of benzene rings is 2. The number of halogens is 1. The van der Waals surface area contributed by atoms with Crippen LogP contribution in [0.15, 0.2) is 52.8 Å². The zero-order valence-electron chi connectivity index (χ0n) is 17.9. The molecule has 0 atom stereocenters. The van der Waals surface area contributed by atoms with Crippen molar-refractivity contribution in [2.75, 3.05) is 27.1 Å². The van der Waals surface area contributed by atoms with Crippen molar-refractivity contribution in [3.63, 3.8) is 0 Å². The fourth-order valence-corrected chi connectivity index (χ4v) is 4.29. The van der Waals surface area contributed by atoms with Gasteiger partial charge in [-0.3, -0.25) is 0 Å². The van der Waals surface area contributed by atoms with E-state index in [0.29, 0.717) is 40.3 Å². The summed E-state index contributed by atoms with van der Waals surface area (Å²) >= 11 is 7.41. The van der Waals surface area contributed by atoms with Crippen LogP contribution in [0.5, 0.6) is 17.2 Å². The van der Waals surface area contributed by atoms with E-state index >= 15 is 0 Å². The van der Waals surface area contributed by atoms with Gasteiger partial charge in [0.1, 0.15) is 0 Å². The molecule has 0 bridgehead atoms. The molecule has 0 amide bonds. The molecule has 0 aliphatic carbocycles. The van der Waals surface area contributed by atoms with Gasteiger partial charge in [-0.15, -0.1) is 0 Å². The third-order valence-corrected chi connectivity index (χ3v) is 6.04. The van der Waals surface area contributed by atoms with Crippen molar-refractivity contribution in [3.05, 3.63) is 53.3 Å². The molecule has 8 nitrogen and oxygen atoms in total. The van der Waals surface area contributed by atoms with E-state index in [1.165, 1.54) is 17.3 Å². The molecular weight excluding hydrogens is 450 g/mol. The van der Waals surface area contributed by atoms with Crippen LogP contribution in [0, 0.1) is 0 Å². The van der Waals surface area contributed by atoms with Gasteiger partial charge in [0.2, 0.25) is 23.1 Å². The topological polar surface area (TPSA) is 99.2 Å². The van der Waals surface area contributed by atoms with Gasteiger partial charge in [-0.2, -0.15) is 0 Å². The summed E-state index contributed by atoms with van der Waals surface area (Å²) in [7, 11) is 4.75. The summed E-state index contributed by atoms with van der Waals surface area (Å²) in [5, 5.41) is 1.40. The Hall–Kier alpha value is -3.17. The monoisotopic (exact) mass is 472 g/mol. The SMILES string of the molecule is COc1cc(Sc2nc3c([nH]2)c(N)nc[n+]3CCc2ccc(Cl)cc2)cc(OC)c1OC. The van der Waals surface area contributed by atoms with Gasteiger partial charge in [0.15, 0.2) is 17.0 Å². The number of methoxy groups -OCH3 is 3. The number of nitrogens with two attached hydrogens (primary N) is 1. The molecule has 0 saturated heterocycles. The van der Waals surface area contributed by atoms with Crippen LogP contribution in [-0.4, -0.2) is 36.3 Å². The highest BCUT2D eigenvalue weighted by Gasteiger charge is 2.21. The molecule has 2 aromatic heterocycles. The second-order valence-electron chi connectivity index (χ2n) is 6.90. The van der Waals surface area contributed by atoms with E-state index in [9.17, 15) is 0 Å². The van der Waals surface area contributed by atoms with Gasteiger partial charge >= 0.3 is 0 Å². The zero-order chi connectivity index (χ0) is 22.7. The number of nitrogen functional groups attached to an aromatic ring is 1. The summed E-state index contributed by atoms with van der Waals surface area (Å²) in [4.78, 5) is 13.2. The molecule has 0 unspecified atom stereocenters. The molecule has 10 heteroatoms. The maximum atomic E-state index is 6.11. The molecular formula is C22H23ClN5O3S+. The first kappa shape index (κ1) is 22.0. The number of nitrogens with one attached hydrogen (secondary N) is 1. The fourth-order valence-electron chi connectivity index (χ4n) is 3.32. The molecule has 2 aromatic carbocycles. The first-order chi connectivity index (χ1) is 15.5. The Morgan fingerprint density at radius 1 is 1.06 bits per heavy atom. The van der Waals surface area contributed by atoms with Crippen LogP contribution in [0.25, 0.3) is 11.2 Å². The summed E-state index contributed by atoms with van der Waals surface area (Å²) in [6, 6.07) is 11.5. The van der Waals surface area contributed by atoms with Crippen molar-refractivity contribution in [2.24, 2.45) is 0 Å². The van der Waals surface area contributed by atoms with Gasteiger partial charge in [-0.1, -0.05) is 33.7 Å². The Balaban J connectivity index is 1.63. The number of imidazole rings is 1. The van der Waals surface area contributed by atoms with Gasteiger partial charge in [-0.25, -0.2) is 4.57 Å². The van der Waals surface area contributed by atoms with E-state index < -0.39 is 0 Å². The standard InChI is InChI=1S/C22H22ClN5O3S/c1-29-16-10-15(11-17(30-2)19(16)31-3)32-22-26-18-20(24)25-12-28(21(18)27-22)9-8-13-4-6-14(23)7-5-13/h4-7,10-12H,8-9H2,1-3H3,(H2,24,26,27)/p+1. The Kier molecular flexibility index (Phi) is 6.57. The maximum absolute atomic E-state index is 6.11. The molecule has 2 heterocycles. The second-order valence-corrected chi connectivity index (χ2v) is 8.40. The number of ether oxygens (including phenoxy) is 3. The van der Waals surface area contributed by atoms with E-state index in [1.54, 1.807) is 27.7 Å². The molecule has 0 saturated carbocycles. The molecule has 3 N–H and O–H groups in total. The summed E-state index contributed by atoms with van der Waals surface area (Å²) < 4.78 is 18.3. The Labute approximate surface area is 194 Å². The highest BCUT2D eigenvalue weighted by atomic mass is 35.5. The van der Waals surface area contributed by atoms with Gasteiger partial charge in [-0.05, 0) is 41.6 Å². The minimum absolute atomic E-state index is 0.395. The summed E-state index contributed by atoms with van der Waals surface area (Å²) in [6.45, 7) is 0.699. The summed E-state index contributed by atoms with van der Waals surface area (Å²) in [6.07, 6.45) is 2.52. The molecule has 0 aliphatic heterocycles. The molecule has 32 heavy (non-hydrogen) atoms. The average molecular weight is 473 g/mol. The molecule has 4 aromatic rings. The minimum Gasteiger partial charge on any atom is -0.493 e. The van der Waals surface area contributed by atoms with Crippen LogP contribution in [-0.2, 0) is 13.0 Å². The average Bonchev–Trinajstić information content (AvgIpc) is 3.23. The van der Waals surface area contributed by atoms with Gasteiger partial charge in [0.25, 0.3) is 5.65 Å². The molecule has 0 spiro atoms. The molecule has 0 radical (unpaired) electrons. The Bertz CT molecular complexity index is 1220. The number of aromatic nitrogens is 4. The number of anilines is 1. The Morgan fingerprint density at radius 2 is 1.75 bits per heavy atom. The van der Waals surface area contributed by atoms with Crippen molar-refractivity contribution >= 4 is 40.3 Å². The van der Waals surface area contributed by atoms with E-state index in [-0.39, 0.29) is 0 Å². The lowest BCUT2D eigenvalue weighted by molar-refractivity contribution is -0.675. The number of fused-ring (bicyclic) bond motifs is 1. The largest absolute Gasteiger partial charge is 0.493 e. The van der Waals surface area contributed by atoms with Crippen molar-refractivity contribution in [1.29, 1.82) is 0 Å². The quantitative estimate of drug-likeness (QED) is 0.375. The third-order valence-electron chi connectivity index (χ3n) is 4.93. The molecule has 0 aliphatic rings. The van der Waals surface area contributed by atoms with Crippen molar-refractivity contribution in [1.82, 2.24) is 15.0 Å². The van der Waals surface area contributed by atoms with E-state index in [2.05, 4.69) is 9.97 Å². The first-order valence-corrected chi connectivity index (χ1v) is 11.0. The zero-order valence-corrected chi connectivity index (χ0v) is 19.5. The normalized spacial score (nSPS) is 11.0. The van der Waals surface area contributed by atoms with Crippen LogP contribution in [0.4, 0.5) is 5.82 Å². The van der Waals surface area contributed by atoms with Gasteiger partial charge in [0.05, 0.1) is 27.9 Å². The Morgan fingerprint density at radius 3 is 2.38 bits per heavy atom. The number of aryl methyl sites for hydroxylation is 2. The van der Waals surface area contributed by atoms with Gasteiger partial charge in [0, 0.05) is 16.3 Å². The van der Waals surface area contributed by atoms with Crippen molar-refractivity contribution in [3.8, 4) is 17.2 Å². The minimum atomic E-state index is 0.395. The smallest absolute Gasteiger partial charge is 0.294 e. The van der Waals surface area contributed by atoms with E-state index in [0.717, 1.165) is 22.0 Å². The molecule has 0 fully saturated rings. The number of hydrogen-bond donors (Lipinski definition) is 2. The van der Waals surface area contributed by atoms with Crippen LogP contribution >= 0.6 is 23.4 Å². The summed E-state index contributed by atoms with van der Waals surface area (Å²) in [5.74, 6) is 2.08. The predicted octanol–water partition coefficient (Wildman–Crippen LogP) is 3.90.